The highest BCUT2D eigenvalue weighted by Crippen LogP contribution is 2.39. The monoisotopic (exact) mass is 374 g/mol. The molecule has 0 spiro atoms. The molecule has 22 heavy (non-hydrogen) atoms. The van der Waals surface area contributed by atoms with Crippen molar-refractivity contribution in [1.82, 2.24) is 0 Å². The van der Waals surface area contributed by atoms with Gasteiger partial charge in [0.2, 0.25) is 0 Å². The molecule has 3 aromatic carbocycles. The van der Waals surface area contributed by atoms with Crippen LogP contribution in [0.1, 0.15) is 0 Å². The van der Waals surface area contributed by atoms with Crippen molar-refractivity contribution in [3.8, 4) is 23.0 Å². The SMILES string of the molecule is Clc1cccc(Oc2cccc(Oc3ccccc3)c2Br)c1. The third-order valence-electron chi connectivity index (χ3n) is 2.92. The van der Waals surface area contributed by atoms with Crippen LogP contribution in [0.25, 0.3) is 0 Å². The number of rotatable bonds is 4. The van der Waals surface area contributed by atoms with Crippen LogP contribution in [0, 0.1) is 0 Å². The van der Waals surface area contributed by atoms with Crippen LogP contribution in [0.2, 0.25) is 5.02 Å². The summed E-state index contributed by atoms with van der Waals surface area (Å²) >= 11 is 9.50. The molecule has 0 heterocycles. The van der Waals surface area contributed by atoms with Gasteiger partial charge in [-0.3, -0.25) is 0 Å². The molecule has 3 rings (SSSR count). The lowest BCUT2D eigenvalue weighted by molar-refractivity contribution is 0.455. The van der Waals surface area contributed by atoms with Gasteiger partial charge in [0.05, 0.1) is 0 Å². The normalized spacial score (nSPS) is 10.3. The van der Waals surface area contributed by atoms with Crippen molar-refractivity contribution < 1.29 is 9.47 Å². The lowest BCUT2D eigenvalue weighted by Gasteiger charge is -2.12. The van der Waals surface area contributed by atoms with E-state index < -0.39 is 0 Å². The minimum absolute atomic E-state index is 0.630. The van der Waals surface area contributed by atoms with Crippen molar-refractivity contribution in [1.29, 1.82) is 0 Å². The molecule has 0 aliphatic heterocycles. The van der Waals surface area contributed by atoms with Crippen LogP contribution in [-0.4, -0.2) is 0 Å². The van der Waals surface area contributed by atoms with Gasteiger partial charge in [0.1, 0.15) is 27.5 Å². The van der Waals surface area contributed by atoms with Gasteiger partial charge in [-0.1, -0.05) is 41.9 Å². The summed E-state index contributed by atoms with van der Waals surface area (Å²) in [6.07, 6.45) is 0. The summed E-state index contributed by atoms with van der Waals surface area (Å²) in [5, 5.41) is 0.630. The van der Waals surface area contributed by atoms with E-state index in [9.17, 15) is 0 Å². The van der Waals surface area contributed by atoms with Gasteiger partial charge < -0.3 is 9.47 Å². The molecule has 0 aliphatic carbocycles. The topological polar surface area (TPSA) is 18.5 Å². The molecule has 0 N–H and O–H groups in total. The zero-order chi connectivity index (χ0) is 15.4. The Balaban J connectivity index is 1.86. The maximum absolute atomic E-state index is 5.97. The first-order valence-corrected chi connectivity index (χ1v) is 7.84. The second-order valence-corrected chi connectivity index (χ2v) is 5.77. The number of hydrogen-bond acceptors (Lipinski definition) is 2. The summed E-state index contributed by atoms with van der Waals surface area (Å²) in [7, 11) is 0. The molecule has 0 amide bonds. The fraction of sp³-hybridized carbons (Fsp3) is 0. The number of benzene rings is 3. The second-order valence-electron chi connectivity index (χ2n) is 4.54. The average Bonchev–Trinajstić information content (AvgIpc) is 2.52. The lowest BCUT2D eigenvalue weighted by Crippen LogP contribution is -1.89. The van der Waals surface area contributed by atoms with Crippen molar-refractivity contribution in [2.45, 2.75) is 0 Å². The summed E-state index contributed by atoms with van der Waals surface area (Å²) in [4.78, 5) is 0. The molecule has 0 saturated heterocycles. The van der Waals surface area contributed by atoms with Gasteiger partial charge in [-0.2, -0.15) is 0 Å². The molecule has 0 atom stereocenters. The van der Waals surface area contributed by atoms with Gasteiger partial charge in [-0.15, -0.1) is 0 Å². The second kappa shape index (κ2) is 6.86. The van der Waals surface area contributed by atoms with Gasteiger partial charge in [-0.25, -0.2) is 0 Å². The first kappa shape index (κ1) is 14.9. The zero-order valence-electron chi connectivity index (χ0n) is 11.5. The Morgan fingerprint density at radius 3 is 1.95 bits per heavy atom. The Morgan fingerprint density at radius 1 is 0.682 bits per heavy atom. The molecule has 4 heteroatoms. The van der Waals surface area contributed by atoms with Gasteiger partial charge in [0, 0.05) is 5.02 Å². The summed E-state index contributed by atoms with van der Waals surface area (Å²) in [6, 6.07) is 22.5. The third kappa shape index (κ3) is 3.62. The third-order valence-corrected chi connectivity index (χ3v) is 3.94. The quantitative estimate of drug-likeness (QED) is 0.506. The van der Waals surface area contributed by atoms with E-state index in [2.05, 4.69) is 15.9 Å². The predicted molar refractivity (Wildman–Crippen MR) is 92.2 cm³/mol. The van der Waals surface area contributed by atoms with Crippen molar-refractivity contribution >= 4 is 27.5 Å². The lowest BCUT2D eigenvalue weighted by atomic mass is 10.3. The smallest absolute Gasteiger partial charge is 0.145 e. The van der Waals surface area contributed by atoms with Crippen LogP contribution in [0.15, 0.2) is 77.3 Å². The summed E-state index contributed by atoms with van der Waals surface area (Å²) < 4.78 is 12.5. The summed E-state index contributed by atoms with van der Waals surface area (Å²) in [6.45, 7) is 0. The van der Waals surface area contributed by atoms with Gasteiger partial charge in [-0.05, 0) is 58.4 Å². The van der Waals surface area contributed by atoms with Crippen LogP contribution in [0.5, 0.6) is 23.0 Å². The molecule has 0 unspecified atom stereocenters. The van der Waals surface area contributed by atoms with E-state index in [1.807, 2.05) is 60.7 Å². The fourth-order valence-corrected chi connectivity index (χ4v) is 2.53. The van der Waals surface area contributed by atoms with E-state index in [1.165, 1.54) is 0 Å². The summed E-state index contributed by atoms with van der Waals surface area (Å²) in [5.41, 5.74) is 0. The number of ether oxygens (including phenoxy) is 2. The Bertz CT molecular complexity index is 775. The van der Waals surface area contributed by atoms with Crippen LogP contribution in [-0.2, 0) is 0 Å². The first-order chi connectivity index (χ1) is 10.7. The Kier molecular flexibility index (Phi) is 4.66. The largest absolute Gasteiger partial charge is 0.456 e. The predicted octanol–water partition coefficient (Wildman–Crippen LogP) is 6.69. The molecule has 0 saturated carbocycles. The van der Waals surface area contributed by atoms with E-state index in [-0.39, 0.29) is 0 Å². The van der Waals surface area contributed by atoms with Gasteiger partial charge in [0.15, 0.2) is 0 Å². The highest BCUT2D eigenvalue weighted by atomic mass is 79.9. The fourth-order valence-electron chi connectivity index (χ4n) is 1.92. The maximum Gasteiger partial charge on any atom is 0.145 e. The van der Waals surface area contributed by atoms with Crippen LogP contribution < -0.4 is 9.47 Å². The number of halogens is 2. The highest BCUT2D eigenvalue weighted by Gasteiger charge is 2.10. The Hall–Kier alpha value is -1.97. The molecule has 110 valence electrons. The van der Waals surface area contributed by atoms with Crippen LogP contribution in [0.3, 0.4) is 0 Å². The van der Waals surface area contributed by atoms with E-state index in [4.69, 9.17) is 21.1 Å². The van der Waals surface area contributed by atoms with Crippen molar-refractivity contribution in [3.63, 3.8) is 0 Å². The van der Waals surface area contributed by atoms with E-state index in [0.717, 1.165) is 10.2 Å². The minimum Gasteiger partial charge on any atom is -0.456 e. The Morgan fingerprint density at radius 2 is 1.27 bits per heavy atom. The molecule has 2 nitrogen and oxygen atoms in total. The standard InChI is InChI=1S/C18H12BrClO2/c19-18-16(21-14-7-2-1-3-8-14)10-5-11-17(18)22-15-9-4-6-13(20)12-15/h1-12H. The Labute approximate surface area is 142 Å². The first-order valence-electron chi connectivity index (χ1n) is 6.67. The number of para-hydroxylation sites is 1. The van der Waals surface area contributed by atoms with Crippen LogP contribution in [0.4, 0.5) is 0 Å². The summed E-state index contributed by atoms with van der Waals surface area (Å²) in [5.74, 6) is 2.79. The molecule has 0 aliphatic rings. The molecule has 0 aromatic heterocycles. The molecule has 0 bridgehead atoms. The van der Waals surface area contributed by atoms with Crippen molar-refractivity contribution in [3.05, 3.63) is 82.3 Å². The van der Waals surface area contributed by atoms with Gasteiger partial charge in [0.25, 0.3) is 0 Å². The average molecular weight is 376 g/mol. The molecular formula is C18H12BrClO2. The van der Waals surface area contributed by atoms with E-state index in [1.54, 1.807) is 12.1 Å². The minimum atomic E-state index is 0.630. The molecule has 3 aromatic rings. The van der Waals surface area contributed by atoms with Crippen molar-refractivity contribution in [2.75, 3.05) is 0 Å². The molecule has 0 radical (unpaired) electrons. The van der Waals surface area contributed by atoms with Crippen molar-refractivity contribution in [2.24, 2.45) is 0 Å². The molecular weight excluding hydrogens is 364 g/mol. The maximum atomic E-state index is 5.97. The number of hydrogen-bond donors (Lipinski definition) is 0. The molecule has 0 fully saturated rings. The van der Waals surface area contributed by atoms with Gasteiger partial charge >= 0.3 is 0 Å². The highest BCUT2D eigenvalue weighted by molar-refractivity contribution is 9.10. The van der Waals surface area contributed by atoms with E-state index >= 15 is 0 Å². The van der Waals surface area contributed by atoms with E-state index in [0.29, 0.717) is 22.3 Å². The zero-order valence-corrected chi connectivity index (χ0v) is 13.8. The van der Waals surface area contributed by atoms with Crippen LogP contribution >= 0.6 is 27.5 Å².